The highest BCUT2D eigenvalue weighted by Gasteiger charge is 2.39. The average Bonchev–Trinajstić information content (AvgIpc) is 2.79. The second-order valence-corrected chi connectivity index (χ2v) is 9.11. The molecule has 0 saturated carbocycles. The van der Waals surface area contributed by atoms with Gasteiger partial charge in [0.15, 0.2) is 0 Å². The molecule has 0 aromatic heterocycles. The summed E-state index contributed by atoms with van der Waals surface area (Å²) in [7, 11) is 0. The summed E-state index contributed by atoms with van der Waals surface area (Å²) in [5, 5.41) is 12.2. The third-order valence-electron chi connectivity index (χ3n) is 6.27. The van der Waals surface area contributed by atoms with E-state index in [4.69, 9.17) is 9.47 Å². The largest absolute Gasteiger partial charge is 0.494 e. The monoisotopic (exact) mass is 425 g/mol. The second-order valence-electron chi connectivity index (χ2n) is 9.11. The minimum atomic E-state index is -0.940. The van der Waals surface area contributed by atoms with Gasteiger partial charge in [-0.1, -0.05) is 69.7 Å². The summed E-state index contributed by atoms with van der Waals surface area (Å²) in [4.78, 5) is 2.42. The highest BCUT2D eigenvalue weighted by atomic mass is 16.5. The molecule has 4 nitrogen and oxygen atoms in total. The Morgan fingerprint density at radius 2 is 1.71 bits per heavy atom. The molecule has 1 saturated heterocycles. The first-order valence-corrected chi connectivity index (χ1v) is 11.8. The Bertz CT molecular complexity index is 756. The van der Waals surface area contributed by atoms with Gasteiger partial charge in [0.1, 0.15) is 5.75 Å². The molecule has 1 fully saturated rings. The summed E-state index contributed by atoms with van der Waals surface area (Å²) >= 11 is 0. The van der Waals surface area contributed by atoms with Gasteiger partial charge < -0.3 is 14.6 Å². The molecule has 0 unspecified atom stereocenters. The van der Waals surface area contributed by atoms with Gasteiger partial charge in [-0.25, -0.2) is 0 Å². The van der Waals surface area contributed by atoms with Gasteiger partial charge >= 0.3 is 0 Å². The molecule has 0 amide bonds. The molecule has 0 aliphatic carbocycles. The predicted octanol–water partition coefficient (Wildman–Crippen LogP) is 5.22. The summed E-state index contributed by atoms with van der Waals surface area (Å²) in [6.45, 7) is 11.4. The van der Waals surface area contributed by atoms with Crippen molar-refractivity contribution in [3.8, 4) is 5.75 Å². The van der Waals surface area contributed by atoms with E-state index >= 15 is 0 Å². The standard InChI is InChI=1S/C27H39NO3/c1-4-15-27(29,24-10-12-25(13-11-24)31-18-14-22(2)3)26(23-8-6-5-7-9-23)21-28-16-19-30-20-17-28/h5-13,22,26,29H,4,14-21H2,1-3H3/t26-,27+/m0/s1. The molecule has 1 aliphatic heterocycles. The number of nitrogens with zero attached hydrogens (tertiary/aromatic N) is 1. The van der Waals surface area contributed by atoms with Crippen LogP contribution in [0.1, 0.15) is 57.1 Å². The fourth-order valence-corrected chi connectivity index (χ4v) is 4.41. The Balaban J connectivity index is 1.86. The van der Waals surface area contributed by atoms with Crippen LogP contribution < -0.4 is 4.74 Å². The molecular formula is C27H39NO3. The Morgan fingerprint density at radius 1 is 1.03 bits per heavy atom. The lowest BCUT2D eigenvalue weighted by atomic mass is 9.74. The van der Waals surface area contributed by atoms with Crippen LogP contribution in [0, 0.1) is 5.92 Å². The van der Waals surface area contributed by atoms with E-state index < -0.39 is 5.60 Å². The minimum Gasteiger partial charge on any atom is -0.494 e. The zero-order valence-corrected chi connectivity index (χ0v) is 19.4. The van der Waals surface area contributed by atoms with Gasteiger partial charge in [-0.2, -0.15) is 0 Å². The minimum absolute atomic E-state index is 0.0144. The van der Waals surface area contributed by atoms with Crippen LogP contribution in [0.15, 0.2) is 54.6 Å². The number of rotatable bonds is 11. The maximum Gasteiger partial charge on any atom is 0.119 e. The van der Waals surface area contributed by atoms with E-state index in [1.165, 1.54) is 5.56 Å². The zero-order valence-electron chi connectivity index (χ0n) is 19.4. The number of hydrogen-bond acceptors (Lipinski definition) is 4. The third kappa shape index (κ3) is 6.55. The number of aliphatic hydroxyl groups is 1. The van der Waals surface area contributed by atoms with Crippen LogP contribution in [0.2, 0.25) is 0 Å². The maximum absolute atomic E-state index is 12.2. The Kier molecular flexibility index (Phi) is 8.94. The van der Waals surface area contributed by atoms with Gasteiger partial charge in [0.25, 0.3) is 0 Å². The molecule has 2 aromatic carbocycles. The van der Waals surface area contributed by atoms with Gasteiger partial charge in [-0.05, 0) is 42.0 Å². The molecule has 1 heterocycles. The fourth-order valence-electron chi connectivity index (χ4n) is 4.41. The number of ether oxygens (including phenoxy) is 2. The van der Waals surface area contributed by atoms with E-state index in [9.17, 15) is 5.11 Å². The highest BCUT2D eigenvalue weighted by molar-refractivity contribution is 5.35. The normalized spacial score (nSPS) is 18.0. The van der Waals surface area contributed by atoms with Gasteiger partial charge in [0, 0.05) is 25.6 Å². The Hall–Kier alpha value is -1.88. The van der Waals surface area contributed by atoms with Crippen LogP contribution in [0.3, 0.4) is 0 Å². The summed E-state index contributed by atoms with van der Waals surface area (Å²) in [5.41, 5.74) is 1.21. The Labute approximate surface area is 188 Å². The van der Waals surface area contributed by atoms with E-state index in [0.29, 0.717) is 12.3 Å². The zero-order chi connectivity index (χ0) is 22.1. The number of hydrogen-bond donors (Lipinski definition) is 1. The fraction of sp³-hybridized carbons (Fsp3) is 0.556. The molecule has 3 rings (SSSR count). The van der Waals surface area contributed by atoms with Crippen molar-refractivity contribution in [1.82, 2.24) is 4.90 Å². The van der Waals surface area contributed by atoms with Crippen LogP contribution in [-0.2, 0) is 10.3 Å². The van der Waals surface area contributed by atoms with Crippen LogP contribution >= 0.6 is 0 Å². The molecule has 2 aromatic rings. The molecule has 0 spiro atoms. The van der Waals surface area contributed by atoms with Crippen LogP contribution in [0.25, 0.3) is 0 Å². The second kappa shape index (κ2) is 11.7. The van der Waals surface area contributed by atoms with E-state index in [1.54, 1.807) is 0 Å². The first-order valence-electron chi connectivity index (χ1n) is 11.8. The van der Waals surface area contributed by atoms with E-state index in [2.05, 4.69) is 62.1 Å². The molecular weight excluding hydrogens is 386 g/mol. The first kappa shape index (κ1) is 23.8. The topological polar surface area (TPSA) is 41.9 Å². The number of benzene rings is 2. The smallest absolute Gasteiger partial charge is 0.119 e. The van der Waals surface area contributed by atoms with Crippen molar-refractivity contribution in [2.24, 2.45) is 5.92 Å². The quantitative estimate of drug-likeness (QED) is 0.536. The lowest BCUT2D eigenvalue weighted by Crippen LogP contribution is -2.45. The molecule has 0 bridgehead atoms. The summed E-state index contributed by atoms with van der Waals surface area (Å²) in [5.74, 6) is 1.48. The van der Waals surface area contributed by atoms with Gasteiger partial charge in [0.2, 0.25) is 0 Å². The summed E-state index contributed by atoms with van der Waals surface area (Å²) in [6, 6.07) is 18.6. The molecule has 170 valence electrons. The van der Waals surface area contributed by atoms with Crippen molar-refractivity contribution < 1.29 is 14.6 Å². The van der Waals surface area contributed by atoms with E-state index in [0.717, 1.165) is 63.6 Å². The van der Waals surface area contributed by atoms with Gasteiger partial charge in [-0.15, -0.1) is 0 Å². The first-order chi connectivity index (χ1) is 15.0. The van der Waals surface area contributed by atoms with Crippen LogP contribution in [0.5, 0.6) is 5.75 Å². The van der Waals surface area contributed by atoms with Gasteiger partial charge in [0.05, 0.1) is 25.4 Å². The molecule has 0 radical (unpaired) electrons. The van der Waals surface area contributed by atoms with Crippen LogP contribution in [-0.4, -0.2) is 49.5 Å². The third-order valence-corrected chi connectivity index (χ3v) is 6.27. The van der Waals surface area contributed by atoms with Crippen LogP contribution in [0.4, 0.5) is 0 Å². The SMILES string of the molecule is CCC[C@@](O)(c1ccc(OCCC(C)C)cc1)[C@@H](CN1CCOCC1)c1ccccc1. The van der Waals surface area contributed by atoms with E-state index in [1.807, 2.05) is 18.2 Å². The molecule has 31 heavy (non-hydrogen) atoms. The molecule has 4 heteroatoms. The number of morpholine rings is 1. The molecule has 1 aliphatic rings. The molecule has 2 atom stereocenters. The Morgan fingerprint density at radius 3 is 2.32 bits per heavy atom. The van der Waals surface area contributed by atoms with E-state index in [-0.39, 0.29) is 5.92 Å². The summed E-state index contributed by atoms with van der Waals surface area (Å²) < 4.78 is 11.5. The van der Waals surface area contributed by atoms with Crippen molar-refractivity contribution in [1.29, 1.82) is 0 Å². The van der Waals surface area contributed by atoms with Crippen molar-refractivity contribution in [2.45, 2.75) is 51.6 Å². The lowest BCUT2D eigenvalue weighted by Gasteiger charge is -2.41. The molecule has 1 N–H and O–H groups in total. The average molecular weight is 426 g/mol. The van der Waals surface area contributed by atoms with Crippen molar-refractivity contribution in [3.63, 3.8) is 0 Å². The highest BCUT2D eigenvalue weighted by Crippen LogP contribution is 2.42. The van der Waals surface area contributed by atoms with Crippen molar-refractivity contribution in [3.05, 3.63) is 65.7 Å². The van der Waals surface area contributed by atoms with Gasteiger partial charge in [-0.3, -0.25) is 4.90 Å². The summed E-state index contributed by atoms with van der Waals surface area (Å²) in [6.07, 6.45) is 2.66. The predicted molar refractivity (Wildman–Crippen MR) is 127 cm³/mol. The van der Waals surface area contributed by atoms with Crippen molar-refractivity contribution in [2.75, 3.05) is 39.5 Å². The lowest BCUT2D eigenvalue weighted by molar-refractivity contribution is -0.0285. The maximum atomic E-state index is 12.2. The van der Waals surface area contributed by atoms with Crippen molar-refractivity contribution >= 4 is 0 Å².